The molecule has 0 saturated carbocycles. The Balaban J connectivity index is 4.05. The average Bonchev–Trinajstić information content (AvgIpc) is 3.45. The highest BCUT2D eigenvalue weighted by Crippen LogP contribution is 2.43. The van der Waals surface area contributed by atoms with E-state index >= 15 is 0 Å². The summed E-state index contributed by atoms with van der Waals surface area (Å²) in [4.78, 5) is 23.4. The lowest BCUT2D eigenvalue weighted by Gasteiger charge is -2.25. The number of quaternary nitrogens is 1. The average molecular weight is 1170 g/mol. The summed E-state index contributed by atoms with van der Waals surface area (Å²) in [6, 6.07) is -0.871. The molecule has 484 valence electrons. The molecule has 0 spiro atoms. The Morgan fingerprint density at radius 3 is 0.976 bits per heavy atom. The van der Waals surface area contributed by atoms with E-state index in [1.807, 2.05) is 27.2 Å². The first kappa shape index (κ1) is 80.5. The van der Waals surface area contributed by atoms with Crippen molar-refractivity contribution in [1.29, 1.82) is 0 Å². The molecule has 0 bridgehead atoms. The lowest BCUT2D eigenvalue weighted by Crippen LogP contribution is -2.45. The predicted octanol–water partition coefficient (Wildman–Crippen LogP) is 23.0. The van der Waals surface area contributed by atoms with E-state index in [-0.39, 0.29) is 19.1 Å². The number of hydrogen-bond donors (Lipinski definition) is 3. The van der Waals surface area contributed by atoms with Crippen molar-refractivity contribution in [2.45, 2.75) is 373 Å². The van der Waals surface area contributed by atoms with Crippen molar-refractivity contribution in [3.05, 3.63) is 48.6 Å². The molecule has 0 aromatic rings. The van der Waals surface area contributed by atoms with Crippen LogP contribution in [0.5, 0.6) is 0 Å². The van der Waals surface area contributed by atoms with Crippen LogP contribution in [-0.2, 0) is 18.4 Å². The van der Waals surface area contributed by atoms with E-state index in [1.165, 1.54) is 295 Å². The van der Waals surface area contributed by atoms with E-state index in [0.29, 0.717) is 17.4 Å². The summed E-state index contributed by atoms with van der Waals surface area (Å²) < 4.78 is 23.8. The van der Waals surface area contributed by atoms with Gasteiger partial charge in [-0.15, -0.1) is 0 Å². The fourth-order valence-electron chi connectivity index (χ4n) is 10.9. The van der Waals surface area contributed by atoms with Crippen LogP contribution in [0.1, 0.15) is 361 Å². The number of rotatable bonds is 67. The highest BCUT2D eigenvalue weighted by Gasteiger charge is 2.28. The van der Waals surface area contributed by atoms with Gasteiger partial charge in [-0.05, 0) is 70.6 Å². The normalized spacial score (nSPS) is 13.9. The van der Waals surface area contributed by atoms with Gasteiger partial charge in [-0.3, -0.25) is 13.8 Å². The van der Waals surface area contributed by atoms with Crippen molar-refractivity contribution in [1.82, 2.24) is 5.32 Å². The smallest absolute Gasteiger partial charge is 0.387 e. The van der Waals surface area contributed by atoms with E-state index in [9.17, 15) is 19.4 Å². The first-order chi connectivity index (χ1) is 40.0. The molecule has 0 radical (unpaired) electrons. The number of allylic oxidation sites excluding steroid dienone is 7. The van der Waals surface area contributed by atoms with Crippen molar-refractivity contribution >= 4 is 13.7 Å². The number of phosphoric acid groups is 1. The van der Waals surface area contributed by atoms with Crippen molar-refractivity contribution in [2.75, 3.05) is 40.9 Å². The molecule has 0 saturated heterocycles. The molecular formula is C73H142N2O6P+. The molecule has 0 aromatic carbocycles. The zero-order valence-electron chi connectivity index (χ0n) is 55.5. The number of amides is 1. The SMILES string of the molecule is CCCCCCCCCCCCCCCC/C=C\CCCCCCCCCCCCCCCCCCCC(=O)NC(COP(=O)(O)OCC[N+](C)(C)C)C(O)/C=C/CC/C=C/CC/C=C/CCCCCCCCCCCCCCCCC. The van der Waals surface area contributed by atoms with Crippen molar-refractivity contribution in [2.24, 2.45) is 0 Å². The Labute approximate surface area is 511 Å². The van der Waals surface area contributed by atoms with E-state index in [1.54, 1.807) is 6.08 Å². The largest absolute Gasteiger partial charge is 0.472 e. The summed E-state index contributed by atoms with van der Waals surface area (Å²) in [5, 5.41) is 14.0. The molecule has 0 aliphatic carbocycles. The third-order valence-corrected chi connectivity index (χ3v) is 17.5. The zero-order valence-corrected chi connectivity index (χ0v) is 56.4. The molecule has 3 unspecified atom stereocenters. The summed E-state index contributed by atoms with van der Waals surface area (Å²) in [6.45, 7) is 4.84. The van der Waals surface area contributed by atoms with Gasteiger partial charge in [-0.2, -0.15) is 0 Å². The number of carbonyl (C=O) groups is 1. The fourth-order valence-corrected chi connectivity index (χ4v) is 11.6. The maximum Gasteiger partial charge on any atom is 0.472 e. The summed E-state index contributed by atoms with van der Waals surface area (Å²) >= 11 is 0. The number of carbonyl (C=O) groups excluding carboxylic acids is 1. The monoisotopic (exact) mass is 1170 g/mol. The molecule has 0 aliphatic heterocycles. The molecule has 0 heterocycles. The van der Waals surface area contributed by atoms with E-state index in [0.717, 1.165) is 44.9 Å². The second-order valence-corrected chi connectivity index (χ2v) is 27.4. The molecule has 0 aromatic heterocycles. The van der Waals surface area contributed by atoms with Gasteiger partial charge in [-0.25, -0.2) is 4.57 Å². The minimum Gasteiger partial charge on any atom is -0.387 e. The van der Waals surface area contributed by atoms with Crippen LogP contribution in [0.3, 0.4) is 0 Å². The molecule has 9 heteroatoms. The van der Waals surface area contributed by atoms with Crippen LogP contribution in [0.4, 0.5) is 0 Å². The number of phosphoric ester groups is 1. The van der Waals surface area contributed by atoms with Crippen LogP contribution >= 0.6 is 7.82 Å². The standard InChI is InChI=1S/C73H141N2O6P/c1-6-8-10-12-14-16-18-20-22-24-26-28-30-32-33-34-35-36-37-38-39-40-41-43-45-47-49-51-53-55-57-59-61-63-65-67-73(77)74-71(70-81-82(78,79)80-69-68-75(3,4)5)72(76)66-64-62-60-58-56-54-52-50-48-46-44-42-31-29-27-25-23-21-19-17-15-13-11-9-7-2/h34-35,48,50,56,58,64,66,71-72,76H,6-33,36-47,49,51-55,57,59-63,65,67-70H2,1-5H3,(H-,74,77,78,79)/p+1/b35-34-,50-48+,58-56+,66-64+. The predicted molar refractivity (Wildman–Crippen MR) is 360 cm³/mol. The first-order valence-electron chi connectivity index (χ1n) is 36.0. The summed E-state index contributed by atoms with van der Waals surface area (Å²) in [5.41, 5.74) is 0. The second-order valence-electron chi connectivity index (χ2n) is 25.9. The Hall–Kier alpha value is -1.54. The Morgan fingerprint density at radius 2 is 0.671 bits per heavy atom. The van der Waals surface area contributed by atoms with Gasteiger partial charge in [0.15, 0.2) is 0 Å². The lowest BCUT2D eigenvalue weighted by atomic mass is 10.0. The number of nitrogens with one attached hydrogen (secondary N) is 1. The van der Waals surface area contributed by atoms with Gasteiger partial charge in [0.05, 0.1) is 39.9 Å². The maximum absolute atomic E-state index is 13.0. The molecule has 3 N–H and O–H groups in total. The number of aliphatic hydroxyl groups excluding tert-OH is 1. The Kier molecular flexibility index (Phi) is 62.7. The zero-order chi connectivity index (χ0) is 59.8. The van der Waals surface area contributed by atoms with E-state index < -0.39 is 20.0 Å². The lowest BCUT2D eigenvalue weighted by molar-refractivity contribution is -0.870. The van der Waals surface area contributed by atoms with Crippen LogP contribution in [0, 0.1) is 0 Å². The number of hydrogen-bond acceptors (Lipinski definition) is 5. The highest BCUT2D eigenvalue weighted by atomic mass is 31.2. The molecule has 82 heavy (non-hydrogen) atoms. The quantitative estimate of drug-likeness (QED) is 0.0243. The van der Waals surface area contributed by atoms with E-state index in [2.05, 4.69) is 55.6 Å². The Bertz CT molecular complexity index is 1480. The minimum absolute atomic E-state index is 0.0542. The molecule has 0 rings (SSSR count). The number of aliphatic hydroxyl groups is 1. The van der Waals surface area contributed by atoms with Crippen molar-refractivity contribution in [3.63, 3.8) is 0 Å². The molecule has 1 amide bonds. The van der Waals surface area contributed by atoms with Gasteiger partial charge in [0, 0.05) is 6.42 Å². The molecule has 0 aliphatic rings. The van der Waals surface area contributed by atoms with Crippen LogP contribution in [0.2, 0.25) is 0 Å². The van der Waals surface area contributed by atoms with Gasteiger partial charge < -0.3 is 19.8 Å². The van der Waals surface area contributed by atoms with Gasteiger partial charge >= 0.3 is 7.82 Å². The van der Waals surface area contributed by atoms with E-state index in [4.69, 9.17) is 9.05 Å². The maximum atomic E-state index is 13.0. The summed E-state index contributed by atoms with van der Waals surface area (Å²) in [6.07, 6.45) is 87.1. The van der Waals surface area contributed by atoms with Crippen LogP contribution in [0.15, 0.2) is 48.6 Å². The van der Waals surface area contributed by atoms with Gasteiger partial charge in [0.25, 0.3) is 0 Å². The van der Waals surface area contributed by atoms with Crippen molar-refractivity contribution in [3.8, 4) is 0 Å². The van der Waals surface area contributed by atoms with Gasteiger partial charge in [0.1, 0.15) is 13.2 Å². The molecular weight excluding hydrogens is 1030 g/mol. The number of nitrogens with zero attached hydrogens (tertiary/aromatic N) is 1. The van der Waals surface area contributed by atoms with Gasteiger partial charge in [-0.1, -0.05) is 332 Å². The first-order valence-corrected chi connectivity index (χ1v) is 37.5. The highest BCUT2D eigenvalue weighted by molar-refractivity contribution is 7.47. The van der Waals surface area contributed by atoms with Crippen LogP contribution < -0.4 is 5.32 Å². The topological polar surface area (TPSA) is 105 Å². The number of unbranched alkanes of at least 4 members (excludes halogenated alkanes) is 48. The third kappa shape index (κ3) is 66.0. The van der Waals surface area contributed by atoms with Gasteiger partial charge in [0.2, 0.25) is 5.91 Å². The molecule has 0 fully saturated rings. The fraction of sp³-hybridized carbons (Fsp3) is 0.877. The molecule has 3 atom stereocenters. The molecule has 8 nitrogen and oxygen atoms in total. The third-order valence-electron chi connectivity index (χ3n) is 16.5. The number of likely N-dealkylation sites (N-methyl/N-ethyl adjacent to an activating group) is 1. The Morgan fingerprint density at radius 1 is 0.402 bits per heavy atom. The van der Waals surface area contributed by atoms with Crippen molar-refractivity contribution < 1.29 is 32.9 Å². The van der Waals surface area contributed by atoms with Crippen LogP contribution in [0.25, 0.3) is 0 Å². The summed E-state index contributed by atoms with van der Waals surface area (Å²) in [7, 11) is 1.56. The minimum atomic E-state index is -4.37. The summed E-state index contributed by atoms with van der Waals surface area (Å²) in [5.74, 6) is -0.185. The second kappa shape index (κ2) is 63.9. The van der Waals surface area contributed by atoms with Crippen LogP contribution in [-0.4, -0.2) is 73.4 Å².